The zero-order valence-corrected chi connectivity index (χ0v) is 24.1. The summed E-state index contributed by atoms with van der Waals surface area (Å²) in [6, 6.07) is 0. The number of aliphatic hydroxyl groups excluding tert-OH is 2. The number of nitrogens with zero attached hydrogens (tertiary/aromatic N) is 4. The molecular formula is C10H18N5Na2O14P3. The number of phosphoric ester groups is 1. The predicted molar refractivity (Wildman–Crippen MR) is 111 cm³/mol. The van der Waals surface area contributed by atoms with Crippen molar-refractivity contribution in [3.63, 3.8) is 0 Å². The van der Waals surface area contributed by atoms with Gasteiger partial charge in [0.1, 0.15) is 30.2 Å². The molecule has 1 aliphatic rings. The maximum atomic E-state index is 11.8. The number of hydrogen-bond acceptors (Lipinski definition) is 13. The Morgan fingerprint density at radius 2 is 1.62 bits per heavy atom. The van der Waals surface area contributed by atoms with Gasteiger partial charge in [-0.3, -0.25) is 9.09 Å². The summed E-state index contributed by atoms with van der Waals surface area (Å²) in [5.41, 5.74) is 6.00. The summed E-state index contributed by atoms with van der Waals surface area (Å²) < 4.78 is 51.9. The van der Waals surface area contributed by atoms with E-state index in [1.165, 1.54) is 10.9 Å². The van der Waals surface area contributed by atoms with Crippen molar-refractivity contribution in [1.29, 1.82) is 0 Å². The van der Waals surface area contributed by atoms with Crippen molar-refractivity contribution >= 4 is 99.6 Å². The molecule has 0 saturated carbocycles. The second-order valence-corrected chi connectivity index (χ2v) is 10.4. The fourth-order valence-corrected chi connectivity index (χ4v) is 5.65. The summed E-state index contributed by atoms with van der Waals surface area (Å²) in [7, 11) is -16.7. The number of aliphatic hydroxyl groups is 2. The SMILES string of the molecule is Nc1ncnc2c1ncn2[C@@H]1O[C@H](COP(=O)(O)OP(=O)(O)OP(=O)(O)O)[C@@H](O)[C@H]1O.O.[Na].[Na]. The summed E-state index contributed by atoms with van der Waals surface area (Å²) in [6.07, 6.45) is -3.69. The van der Waals surface area contributed by atoms with Gasteiger partial charge in [0.05, 0.1) is 12.9 Å². The third kappa shape index (κ3) is 8.58. The van der Waals surface area contributed by atoms with Crippen LogP contribution in [0.3, 0.4) is 0 Å². The van der Waals surface area contributed by atoms with Crippen molar-refractivity contribution in [2.24, 2.45) is 0 Å². The van der Waals surface area contributed by atoms with Crippen LogP contribution in [0.4, 0.5) is 5.82 Å². The van der Waals surface area contributed by atoms with E-state index in [-0.39, 0.29) is 81.6 Å². The van der Waals surface area contributed by atoms with Gasteiger partial charge in [-0.1, -0.05) is 0 Å². The van der Waals surface area contributed by atoms with E-state index in [9.17, 15) is 28.8 Å². The molecule has 0 amide bonds. The minimum atomic E-state index is -5.70. The molecule has 6 atom stereocenters. The molecule has 3 heterocycles. The second kappa shape index (κ2) is 12.9. The Hall–Kier alpha value is 0.600. The fourth-order valence-electron chi connectivity index (χ4n) is 2.62. The normalized spacial score (nSPS) is 25.9. The van der Waals surface area contributed by atoms with Crippen LogP contribution >= 0.6 is 23.5 Å². The van der Waals surface area contributed by atoms with Crippen molar-refractivity contribution in [2.75, 3.05) is 12.3 Å². The average Bonchev–Trinajstić information content (AvgIpc) is 3.13. The molecule has 1 fully saturated rings. The zero-order valence-electron chi connectivity index (χ0n) is 17.4. The monoisotopic (exact) mass is 571 g/mol. The summed E-state index contributed by atoms with van der Waals surface area (Å²) in [4.78, 5) is 47.2. The van der Waals surface area contributed by atoms with Gasteiger partial charge in [0, 0.05) is 59.1 Å². The van der Waals surface area contributed by atoms with Gasteiger partial charge in [0.2, 0.25) is 0 Å². The molecule has 3 rings (SSSR count). The standard InChI is InChI=1S/C10H16N5O13P3.2Na.H2O/c11-8-5-9(13-2-12-8)15(3-14-5)10-7(17)6(16)4(26-10)1-25-30(21,22)28-31(23,24)27-29(18,19)20;;;/h2-4,6-7,10,16-17H,1H2,(H,21,22)(H,23,24)(H2,11,12,13)(H2,18,19,20);;;1H2/t4-,6-,7-,10-;;;/m1.../s1. The maximum absolute atomic E-state index is 11.8. The molecule has 0 aromatic carbocycles. The first-order valence-corrected chi connectivity index (χ1v) is 12.4. The first-order chi connectivity index (χ1) is 14.2. The number of phosphoric acid groups is 3. The first kappa shape index (κ1) is 34.6. The van der Waals surface area contributed by atoms with Crippen LogP contribution < -0.4 is 5.73 Å². The summed E-state index contributed by atoms with van der Waals surface area (Å²) in [5, 5.41) is 20.4. The largest absolute Gasteiger partial charge is 0.490 e. The van der Waals surface area contributed by atoms with E-state index < -0.39 is 54.6 Å². The molecule has 0 bridgehead atoms. The summed E-state index contributed by atoms with van der Waals surface area (Å²) in [5.74, 6) is 0.0426. The number of anilines is 1. The van der Waals surface area contributed by atoms with E-state index >= 15 is 0 Å². The van der Waals surface area contributed by atoms with E-state index in [0.29, 0.717) is 0 Å². The van der Waals surface area contributed by atoms with Crippen LogP contribution in [0, 0.1) is 0 Å². The van der Waals surface area contributed by atoms with Gasteiger partial charge in [-0.05, 0) is 0 Å². The van der Waals surface area contributed by atoms with Crippen LogP contribution in [0.2, 0.25) is 0 Å². The van der Waals surface area contributed by atoms with Crippen LogP contribution in [0.1, 0.15) is 6.23 Å². The van der Waals surface area contributed by atoms with Crippen molar-refractivity contribution in [3.05, 3.63) is 12.7 Å². The number of fused-ring (bicyclic) bond motifs is 1. The number of rotatable bonds is 8. The topological polar surface area (TPSA) is 311 Å². The molecule has 0 aliphatic carbocycles. The van der Waals surface area contributed by atoms with Gasteiger partial charge in [-0.15, -0.1) is 0 Å². The molecule has 2 radical (unpaired) electrons. The van der Waals surface area contributed by atoms with Gasteiger partial charge in [-0.25, -0.2) is 28.6 Å². The maximum Gasteiger partial charge on any atom is 0.490 e. The van der Waals surface area contributed by atoms with Gasteiger partial charge in [-0.2, -0.15) is 8.62 Å². The minimum Gasteiger partial charge on any atom is -0.412 e. The Kier molecular flexibility index (Phi) is 13.1. The van der Waals surface area contributed by atoms with Crippen LogP contribution in [-0.2, 0) is 31.6 Å². The molecule has 10 N–H and O–H groups in total. The Labute approximate surface area is 234 Å². The number of nitrogen functional groups attached to an aromatic ring is 1. The Bertz CT molecular complexity index is 1120. The van der Waals surface area contributed by atoms with Crippen molar-refractivity contribution in [3.8, 4) is 0 Å². The smallest absolute Gasteiger partial charge is 0.412 e. The van der Waals surface area contributed by atoms with E-state index in [2.05, 4.69) is 28.1 Å². The molecule has 2 aromatic heterocycles. The van der Waals surface area contributed by atoms with Crippen LogP contribution in [-0.4, -0.2) is 139 Å². The van der Waals surface area contributed by atoms with E-state index in [1.807, 2.05) is 0 Å². The number of hydrogen-bond donors (Lipinski definition) is 7. The van der Waals surface area contributed by atoms with Crippen molar-refractivity contribution in [1.82, 2.24) is 19.5 Å². The number of imidazole rings is 1. The van der Waals surface area contributed by atoms with Gasteiger partial charge < -0.3 is 45.7 Å². The molecule has 184 valence electrons. The average molecular weight is 571 g/mol. The third-order valence-electron chi connectivity index (χ3n) is 3.82. The summed E-state index contributed by atoms with van der Waals surface area (Å²) >= 11 is 0. The number of nitrogens with two attached hydrogens (primary N) is 1. The molecule has 24 heteroatoms. The molecule has 1 saturated heterocycles. The van der Waals surface area contributed by atoms with Gasteiger partial charge >= 0.3 is 23.5 Å². The fraction of sp³-hybridized carbons (Fsp3) is 0.500. The van der Waals surface area contributed by atoms with E-state index in [1.54, 1.807) is 0 Å². The Morgan fingerprint density at radius 3 is 2.21 bits per heavy atom. The van der Waals surface area contributed by atoms with Crippen molar-refractivity contribution in [2.45, 2.75) is 24.5 Å². The van der Waals surface area contributed by atoms with E-state index in [0.717, 1.165) is 6.33 Å². The Morgan fingerprint density at radius 1 is 1.00 bits per heavy atom. The predicted octanol–water partition coefficient (Wildman–Crippen LogP) is -3.22. The van der Waals surface area contributed by atoms with Crippen LogP contribution in [0.5, 0.6) is 0 Å². The zero-order chi connectivity index (χ0) is 23.2. The number of aromatic nitrogens is 4. The molecular weight excluding hydrogens is 553 g/mol. The quantitative estimate of drug-likeness (QED) is 0.121. The van der Waals surface area contributed by atoms with Gasteiger partial charge in [0.25, 0.3) is 0 Å². The molecule has 19 nitrogen and oxygen atoms in total. The Balaban J connectivity index is 0.00000363. The number of ether oxygens (including phenoxy) is 1. The molecule has 1 aliphatic heterocycles. The second-order valence-electron chi connectivity index (χ2n) is 6.02. The van der Waals surface area contributed by atoms with Gasteiger partial charge in [0.15, 0.2) is 17.7 Å². The molecule has 0 spiro atoms. The molecule has 2 unspecified atom stereocenters. The van der Waals surface area contributed by atoms with E-state index in [4.69, 9.17) is 25.2 Å². The third-order valence-corrected chi connectivity index (χ3v) is 7.62. The first-order valence-electron chi connectivity index (χ1n) is 7.92. The van der Waals surface area contributed by atoms with Crippen molar-refractivity contribution < 1.29 is 66.8 Å². The summed E-state index contributed by atoms with van der Waals surface area (Å²) in [6.45, 7) is -0.956. The molecule has 2 aromatic rings. The van der Waals surface area contributed by atoms with Crippen LogP contribution in [0.25, 0.3) is 11.2 Å². The molecule has 34 heavy (non-hydrogen) atoms. The van der Waals surface area contributed by atoms with Crippen LogP contribution in [0.15, 0.2) is 12.7 Å². The minimum absolute atomic E-state index is 0.